The predicted octanol–water partition coefficient (Wildman–Crippen LogP) is 1.96. The van der Waals surface area contributed by atoms with Crippen LogP contribution in [0.5, 0.6) is 0 Å². The molecule has 1 saturated heterocycles. The zero-order valence-corrected chi connectivity index (χ0v) is 12.8. The number of alkyl halides is 2. The van der Waals surface area contributed by atoms with E-state index in [0.717, 1.165) is 5.69 Å². The fourth-order valence-corrected chi connectivity index (χ4v) is 2.43. The highest BCUT2D eigenvalue weighted by molar-refractivity contribution is 5.39. The van der Waals surface area contributed by atoms with Crippen LogP contribution in [0.1, 0.15) is 30.9 Å². The van der Waals surface area contributed by atoms with Gasteiger partial charge in [-0.3, -0.25) is 0 Å². The fourth-order valence-electron chi connectivity index (χ4n) is 2.43. The summed E-state index contributed by atoms with van der Waals surface area (Å²) < 4.78 is 26.4. The minimum absolute atomic E-state index is 0.0186. The van der Waals surface area contributed by atoms with Crippen molar-refractivity contribution in [2.24, 2.45) is 0 Å². The molecule has 3 heterocycles. The number of rotatable bonds is 5. The summed E-state index contributed by atoms with van der Waals surface area (Å²) in [5, 5.41) is 11.4. The summed E-state index contributed by atoms with van der Waals surface area (Å²) in [5.41, 5.74) is 0.738. The average Bonchev–Trinajstić information content (AvgIpc) is 2.94. The van der Waals surface area contributed by atoms with Crippen LogP contribution in [0.4, 0.5) is 14.6 Å². The van der Waals surface area contributed by atoms with Crippen LogP contribution < -0.4 is 10.2 Å². The number of hydrogen-bond acceptors (Lipinski definition) is 6. The summed E-state index contributed by atoms with van der Waals surface area (Å²) >= 11 is 0. The Labute approximate surface area is 133 Å². The van der Waals surface area contributed by atoms with Gasteiger partial charge < -0.3 is 10.2 Å². The molecule has 1 N–H and O–H groups in total. The van der Waals surface area contributed by atoms with Crippen molar-refractivity contribution in [3.05, 3.63) is 42.1 Å². The van der Waals surface area contributed by atoms with E-state index in [1.165, 1.54) is 0 Å². The minimum Gasteiger partial charge on any atom is -0.349 e. The van der Waals surface area contributed by atoms with Crippen LogP contribution in [0.25, 0.3) is 0 Å². The summed E-state index contributed by atoms with van der Waals surface area (Å²) in [6.07, 6.45) is 3.26. The molecular formula is C15H18F2N6. The van der Waals surface area contributed by atoms with Crippen LogP contribution >= 0.6 is 0 Å². The number of halogens is 2. The van der Waals surface area contributed by atoms with Crippen LogP contribution in [0.2, 0.25) is 0 Å². The highest BCUT2D eigenvalue weighted by atomic mass is 19.3. The topological polar surface area (TPSA) is 66.8 Å². The molecule has 122 valence electrons. The number of nitrogens with one attached hydrogen (secondary N) is 1. The lowest BCUT2D eigenvalue weighted by Gasteiger charge is -2.16. The smallest absolute Gasteiger partial charge is 0.266 e. The number of anilines is 1. The average molecular weight is 320 g/mol. The summed E-state index contributed by atoms with van der Waals surface area (Å²) in [7, 11) is 0. The van der Waals surface area contributed by atoms with Gasteiger partial charge in [0.05, 0.1) is 18.3 Å². The molecule has 0 amide bonds. The molecule has 0 saturated carbocycles. The molecule has 2 aromatic heterocycles. The first-order valence-electron chi connectivity index (χ1n) is 7.49. The van der Waals surface area contributed by atoms with E-state index in [-0.39, 0.29) is 19.0 Å². The van der Waals surface area contributed by atoms with Crippen LogP contribution in [0.15, 0.2) is 30.6 Å². The number of nitrogens with zero attached hydrogens (tertiary/aromatic N) is 5. The van der Waals surface area contributed by atoms with Crippen molar-refractivity contribution >= 4 is 5.82 Å². The van der Waals surface area contributed by atoms with Crippen molar-refractivity contribution < 1.29 is 8.78 Å². The highest BCUT2D eigenvalue weighted by Gasteiger charge is 2.38. The maximum atomic E-state index is 13.2. The number of aromatic nitrogens is 4. The van der Waals surface area contributed by atoms with Gasteiger partial charge >= 0.3 is 0 Å². The standard InChI is InChI=1S/C15H18F2N6/c1-11(14-18-6-2-7-19-14)20-9-12-3-4-13(22-21-12)23-8-5-15(16,17)10-23/h2-4,6-7,11,20H,5,8-10H2,1H3. The SMILES string of the molecule is CC(NCc1ccc(N2CCC(F)(F)C2)nn1)c1ncccn1. The molecule has 1 aliphatic heterocycles. The molecular weight excluding hydrogens is 302 g/mol. The van der Waals surface area contributed by atoms with Gasteiger partial charge in [-0.1, -0.05) is 0 Å². The van der Waals surface area contributed by atoms with Gasteiger partial charge in [0.25, 0.3) is 5.92 Å². The molecule has 6 nitrogen and oxygen atoms in total. The Morgan fingerprint density at radius 1 is 1.26 bits per heavy atom. The predicted molar refractivity (Wildman–Crippen MR) is 81.1 cm³/mol. The second kappa shape index (κ2) is 6.49. The van der Waals surface area contributed by atoms with E-state index in [0.29, 0.717) is 24.7 Å². The van der Waals surface area contributed by atoms with Crippen molar-refractivity contribution in [1.82, 2.24) is 25.5 Å². The quantitative estimate of drug-likeness (QED) is 0.908. The minimum atomic E-state index is -2.63. The van der Waals surface area contributed by atoms with E-state index in [1.54, 1.807) is 35.5 Å². The summed E-state index contributed by atoms with van der Waals surface area (Å²) in [5.74, 6) is -1.44. The molecule has 1 aliphatic rings. The molecule has 0 radical (unpaired) electrons. The van der Waals surface area contributed by atoms with Crippen LogP contribution in [-0.2, 0) is 6.54 Å². The second-order valence-corrected chi connectivity index (χ2v) is 5.62. The molecule has 0 aliphatic carbocycles. The third-order valence-corrected chi connectivity index (χ3v) is 3.76. The van der Waals surface area contributed by atoms with Gasteiger partial charge in [0.2, 0.25) is 0 Å². The molecule has 0 spiro atoms. The van der Waals surface area contributed by atoms with Crippen molar-refractivity contribution in [2.75, 3.05) is 18.0 Å². The zero-order chi connectivity index (χ0) is 16.3. The van der Waals surface area contributed by atoms with Crippen molar-refractivity contribution in [3.63, 3.8) is 0 Å². The van der Waals surface area contributed by atoms with E-state index in [2.05, 4.69) is 25.5 Å². The van der Waals surface area contributed by atoms with Gasteiger partial charge in [-0.2, -0.15) is 5.10 Å². The lowest BCUT2D eigenvalue weighted by Crippen LogP contribution is -2.26. The molecule has 1 fully saturated rings. The third kappa shape index (κ3) is 3.95. The molecule has 1 atom stereocenters. The van der Waals surface area contributed by atoms with Crippen LogP contribution in [-0.4, -0.2) is 39.2 Å². The van der Waals surface area contributed by atoms with Crippen molar-refractivity contribution in [2.45, 2.75) is 31.9 Å². The van der Waals surface area contributed by atoms with Crippen LogP contribution in [0, 0.1) is 0 Å². The van der Waals surface area contributed by atoms with Gasteiger partial charge in [0.1, 0.15) is 5.82 Å². The fraction of sp³-hybridized carbons (Fsp3) is 0.467. The molecule has 1 unspecified atom stereocenters. The molecule has 8 heteroatoms. The Morgan fingerprint density at radius 3 is 2.65 bits per heavy atom. The van der Waals surface area contributed by atoms with Gasteiger partial charge in [-0.15, -0.1) is 5.10 Å². The first kappa shape index (κ1) is 15.7. The lowest BCUT2D eigenvalue weighted by atomic mass is 10.3. The van der Waals surface area contributed by atoms with Gasteiger partial charge in [0, 0.05) is 31.9 Å². The first-order valence-corrected chi connectivity index (χ1v) is 7.49. The Bertz CT molecular complexity index is 634. The Morgan fingerprint density at radius 2 is 2.04 bits per heavy atom. The zero-order valence-electron chi connectivity index (χ0n) is 12.8. The Balaban J connectivity index is 1.56. The van der Waals surface area contributed by atoms with Crippen molar-refractivity contribution in [3.8, 4) is 0 Å². The largest absolute Gasteiger partial charge is 0.349 e. The Hall–Kier alpha value is -2.22. The lowest BCUT2D eigenvalue weighted by molar-refractivity contribution is 0.0256. The van der Waals surface area contributed by atoms with Crippen molar-refractivity contribution in [1.29, 1.82) is 0 Å². The van der Waals surface area contributed by atoms with E-state index in [1.807, 2.05) is 6.92 Å². The van der Waals surface area contributed by atoms with Crippen LogP contribution in [0.3, 0.4) is 0 Å². The van der Waals surface area contributed by atoms with Gasteiger partial charge in [0.15, 0.2) is 5.82 Å². The summed E-state index contributed by atoms with van der Waals surface area (Å²) in [6.45, 7) is 2.48. The third-order valence-electron chi connectivity index (χ3n) is 3.76. The van der Waals surface area contributed by atoms with E-state index >= 15 is 0 Å². The second-order valence-electron chi connectivity index (χ2n) is 5.62. The Kier molecular flexibility index (Phi) is 4.42. The molecule has 2 aromatic rings. The molecule has 23 heavy (non-hydrogen) atoms. The van der Waals surface area contributed by atoms with E-state index in [4.69, 9.17) is 0 Å². The number of hydrogen-bond donors (Lipinski definition) is 1. The maximum absolute atomic E-state index is 13.2. The molecule has 3 rings (SSSR count). The van der Waals surface area contributed by atoms with E-state index in [9.17, 15) is 8.78 Å². The van der Waals surface area contributed by atoms with Gasteiger partial charge in [-0.05, 0) is 25.1 Å². The first-order chi connectivity index (χ1) is 11.0. The molecule has 0 aromatic carbocycles. The summed E-state index contributed by atoms with van der Waals surface area (Å²) in [4.78, 5) is 9.93. The van der Waals surface area contributed by atoms with Gasteiger partial charge in [-0.25, -0.2) is 18.7 Å². The highest BCUT2D eigenvalue weighted by Crippen LogP contribution is 2.29. The maximum Gasteiger partial charge on any atom is 0.266 e. The monoisotopic (exact) mass is 320 g/mol. The van der Waals surface area contributed by atoms with E-state index < -0.39 is 5.92 Å². The normalized spacial score (nSPS) is 18.1. The summed E-state index contributed by atoms with van der Waals surface area (Å²) in [6, 6.07) is 5.27. The molecule has 0 bridgehead atoms.